The summed E-state index contributed by atoms with van der Waals surface area (Å²) in [6.07, 6.45) is 5.24. The summed E-state index contributed by atoms with van der Waals surface area (Å²) in [5.74, 6) is 1.60. The molecule has 3 fully saturated rings. The van der Waals surface area contributed by atoms with E-state index >= 15 is 0 Å². The molecule has 0 aromatic heterocycles. The SMILES string of the molecule is CN=C(NCCN1C(=O)C2C3C=CC(C3)C2C1=O)NCC(C(C)C)N1CCN(C)CC1. The van der Waals surface area contributed by atoms with E-state index in [0.717, 1.165) is 45.1 Å². The van der Waals surface area contributed by atoms with Gasteiger partial charge in [0.2, 0.25) is 11.8 Å². The number of nitrogens with zero attached hydrogens (tertiary/aromatic N) is 4. The molecule has 31 heavy (non-hydrogen) atoms. The Kier molecular flexibility index (Phi) is 6.67. The largest absolute Gasteiger partial charge is 0.355 e. The Hall–Kier alpha value is -1.93. The van der Waals surface area contributed by atoms with E-state index in [0.29, 0.717) is 25.0 Å². The molecule has 2 aliphatic carbocycles. The molecular formula is C23H38N6O2. The number of carbonyl (C=O) groups is 2. The van der Waals surface area contributed by atoms with Crippen molar-refractivity contribution in [3.63, 3.8) is 0 Å². The van der Waals surface area contributed by atoms with Gasteiger partial charge in [-0.2, -0.15) is 0 Å². The van der Waals surface area contributed by atoms with Crippen LogP contribution in [0.2, 0.25) is 0 Å². The lowest BCUT2D eigenvalue weighted by molar-refractivity contribution is -0.140. The quantitative estimate of drug-likeness (QED) is 0.261. The van der Waals surface area contributed by atoms with Gasteiger partial charge in [-0.1, -0.05) is 26.0 Å². The normalized spacial score (nSPS) is 32.3. The third kappa shape index (κ3) is 4.37. The van der Waals surface area contributed by atoms with E-state index in [4.69, 9.17) is 0 Å². The summed E-state index contributed by atoms with van der Waals surface area (Å²) < 4.78 is 0. The molecule has 2 aliphatic heterocycles. The number of rotatable bonds is 7. The van der Waals surface area contributed by atoms with E-state index in [9.17, 15) is 9.59 Å². The van der Waals surface area contributed by atoms with Crippen LogP contribution in [0.5, 0.6) is 0 Å². The molecule has 0 radical (unpaired) electrons. The minimum atomic E-state index is -0.115. The predicted octanol–water partition coefficient (Wildman–Crippen LogP) is 0.231. The highest BCUT2D eigenvalue weighted by atomic mass is 16.2. The zero-order valence-corrected chi connectivity index (χ0v) is 19.4. The van der Waals surface area contributed by atoms with Gasteiger partial charge in [-0.25, -0.2) is 0 Å². The number of allylic oxidation sites excluding steroid dienone is 2. The number of guanidine groups is 1. The Morgan fingerprint density at radius 1 is 1.06 bits per heavy atom. The van der Waals surface area contributed by atoms with Gasteiger partial charge in [0.05, 0.1) is 11.8 Å². The smallest absolute Gasteiger partial charge is 0.233 e. The van der Waals surface area contributed by atoms with Gasteiger partial charge >= 0.3 is 0 Å². The summed E-state index contributed by atoms with van der Waals surface area (Å²) in [5, 5.41) is 6.75. The third-order valence-electron chi connectivity index (χ3n) is 7.67. The zero-order chi connectivity index (χ0) is 22.1. The minimum Gasteiger partial charge on any atom is -0.355 e. The summed E-state index contributed by atoms with van der Waals surface area (Å²) in [5.41, 5.74) is 0. The maximum atomic E-state index is 12.8. The van der Waals surface area contributed by atoms with Crippen LogP contribution in [0, 0.1) is 29.6 Å². The number of imide groups is 1. The van der Waals surface area contributed by atoms with Crippen LogP contribution in [-0.2, 0) is 9.59 Å². The molecule has 8 heteroatoms. The molecule has 4 rings (SSSR count). The fraction of sp³-hybridized carbons (Fsp3) is 0.783. The van der Waals surface area contributed by atoms with E-state index < -0.39 is 0 Å². The molecule has 1 saturated carbocycles. The average molecular weight is 431 g/mol. The molecular weight excluding hydrogens is 392 g/mol. The predicted molar refractivity (Wildman–Crippen MR) is 121 cm³/mol. The van der Waals surface area contributed by atoms with Crippen LogP contribution in [0.15, 0.2) is 17.1 Å². The topological polar surface area (TPSA) is 80.3 Å². The summed E-state index contributed by atoms with van der Waals surface area (Å²) in [6.45, 7) is 10.7. The van der Waals surface area contributed by atoms with Gasteiger partial charge in [-0.05, 0) is 31.2 Å². The lowest BCUT2D eigenvalue weighted by Crippen LogP contribution is -2.55. The summed E-state index contributed by atoms with van der Waals surface area (Å²) >= 11 is 0. The number of carbonyl (C=O) groups excluding carboxylic acids is 2. The number of likely N-dealkylation sites (tertiary alicyclic amines) is 1. The summed E-state index contributed by atoms with van der Waals surface area (Å²) in [4.78, 5) is 36.4. The van der Waals surface area contributed by atoms with Crippen molar-refractivity contribution < 1.29 is 9.59 Å². The number of nitrogens with one attached hydrogen (secondary N) is 2. The van der Waals surface area contributed by atoms with Crippen LogP contribution >= 0.6 is 0 Å². The zero-order valence-electron chi connectivity index (χ0n) is 19.4. The van der Waals surface area contributed by atoms with Gasteiger partial charge in [0, 0.05) is 58.9 Å². The van der Waals surface area contributed by atoms with Gasteiger partial charge in [-0.15, -0.1) is 0 Å². The van der Waals surface area contributed by atoms with Crippen molar-refractivity contribution in [1.82, 2.24) is 25.3 Å². The van der Waals surface area contributed by atoms with Crippen LogP contribution in [0.4, 0.5) is 0 Å². The van der Waals surface area contributed by atoms with E-state index in [1.807, 2.05) is 0 Å². The molecule has 8 nitrogen and oxygen atoms in total. The molecule has 5 unspecified atom stereocenters. The Bertz CT molecular complexity index is 712. The van der Waals surface area contributed by atoms with Crippen LogP contribution in [-0.4, -0.2) is 98.4 Å². The van der Waals surface area contributed by atoms with E-state index in [1.165, 1.54) is 4.90 Å². The van der Waals surface area contributed by atoms with Crippen molar-refractivity contribution in [2.75, 3.05) is 59.9 Å². The fourth-order valence-electron chi connectivity index (χ4n) is 5.83. The summed E-state index contributed by atoms with van der Waals surface area (Å²) in [6, 6.07) is 0.441. The maximum absolute atomic E-state index is 12.8. The Labute approximate surface area is 186 Å². The monoisotopic (exact) mass is 430 g/mol. The lowest BCUT2D eigenvalue weighted by atomic mass is 9.85. The average Bonchev–Trinajstić information content (AvgIpc) is 3.43. The van der Waals surface area contributed by atoms with Crippen molar-refractivity contribution in [2.45, 2.75) is 26.3 Å². The molecule has 2 saturated heterocycles. The van der Waals surface area contributed by atoms with Crippen LogP contribution in [0.25, 0.3) is 0 Å². The second-order valence-electron chi connectivity index (χ2n) is 9.86. The van der Waals surface area contributed by atoms with Gasteiger partial charge in [0.1, 0.15) is 0 Å². The van der Waals surface area contributed by atoms with Crippen LogP contribution in [0.3, 0.4) is 0 Å². The molecule has 0 aromatic rings. The van der Waals surface area contributed by atoms with Crippen molar-refractivity contribution >= 4 is 17.8 Å². The van der Waals surface area contributed by atoms with Gasteiger partial charge < -0.3 is 15.5 Å². The highest BCUT2D eigenvalue weighted by Gasteiger charge is 2.58. The van der Waals surface area contributed by atoms with Gasteiger partial charge in [0.15, 0.2) is 5.96 Å². The lowest BCUT2D eigenvalue weighted by Gasteiger charge is -2.40. The second kappa shape index (κ2) is 9.28. The number of hydrogen-bond donors (Lipinski definition) is 2. The van der Waals surface area contributed by atoms with Crippen molar-refractivity contribution in [1.29, 1.82) is 0 Å². The molecule has 172 valence electrons. The molecule has 0 spiro atoms. The number of fused-ring (bicyclic) bond motifs is 5. The molecule has 2 N–H and O–H groups in total. The molecule has 0 aromatic carbocycles. The number of aliphatic imine (C=N–C) groups is 1. The molecule has 2 amide bonds. The summed E-state index contributed by atoms with van der Waals surface area (Å²) in [7, 11) is 3.94. The molecule has 4 aliphatic rings. The highest BCUT2D eigenvalue weighted by Crippen LogP contribution is 2.52. The van der Waals surface area contributed by atoms with Gasteiger partial charge in [-0.3, -0.25) is 24.4 Å². The molecule has 2 bridgehead atoms. The van der Waals surface area contributed by atoms with E-state index in [2.05, 4.69) is 58.5 Å². The molecule has 2 heterocycles. The Morgan fingerprint density at radius 2 is 1.68 bits per heavy atom. The van der Waals surface area contributed by atoms with Crippen LogP contribution < -0.4 is 10.6 Å². The van der Waals surface area contributed by atoms with E-state index in [1.54, 1.807) is 7.05 Å². The maximum Gasteiger partial charge on any atom is 0.233 e. The Morgan fingerprint density at radius 3 is 2.23 bits per heavy atom. The standard InChI is InChI=1S/C23H38N6O2/c1-15(2)18(28-11-9-27(4)10-12-28)14-26-23(24-3)25-7-8-29-21(30)19-16-5-6-17(13-16)20(19)22(29)31/h5-6,15-20H,7-14H2,1-4H3,(H2,24,25,26). The first-order valence-electron chi connectivity index (χ1n) is 11.8. The number of likely N-dealkylation sites (N-methyl/N-ethyl adjacent to an activating group) is 1. The number of piperazine rings is 1. The van der Waals surface area contributed by atoms with Crippen molar-refractivity contribution in [3.8, 4) is 0 Å². The van der Waals surface area contributed by atoms with E-state index in [-0.39, 0.29) is 35.5 Å². The second-order valence-corrected chi connectivity index (χ2v) is 9.86. The first-order valence-corrected chi connectivity index (χ1v) is 11.8. The first kappa shape index (κ1) is 22.3. The fourth-order valence-corrected chi connectivity index (χ4v) is 5.83. The van der Waals surface area contributed by atoms with Crippen molar-refractivity contribution in [2.24, 2.45) is 34.6 Å². The van der Waals surface area contributed by atoms with Crippen molar-refractivity contribution in [3.05, 3.63) is 12.2 Å². The Balaban J connectivity index is 1.24. The number of amides is 2. The third-order valence-corrected chi connectivity index (χ3v) is 7.67. The van der Waals surface area contributed by atoms with Crippen LogP contribution in [0.1, 0.15) is 20.3 Å². The minimum absolute atomic E-state index is 0.0199. The highest BCUT2D eigenvalue weighted by molar-refractivity contribution is 6.06. The molecule has 5 atom stereocenters. The van der Waals surface area contributed by atoms with Gasteiger partial charge in [0.25, 0.3) is 0 Å². The number of hydrogen-bond acceptors (Lipinski definition) is 5. The first-order chi connectivity index (χ1) is 14.9.